The average molecular weight is 304 g/mol. The monoisotopic (exact) mass is 304 g/mol. The summed E-state index contributed by atoms with van der Waals surface area (Å²) in [5.74, 6) is 0. The highest BCUT2D eigenvalue weighted by Gasteiger charge is 2.35. The summed E-state index contributed by atoms with van der Waals surface area (Å²) >= 11 is 0.390. The highest BCUT2D eigenvalue weighted by atomic mass is 32.1. The molecule has 0 spiro atoms. The summed E-state index contributed by atoms with van der Waals surface area (Å²) in [6, 6.07) is 6.54. The van der Waals surface area contributed by atoms with E-state index in [9.17, 15) is 18.3 Å². The highest BCUT2D eigenvalue weighted by molar-refractivity contribution is 7.15. The molecule has 9 heteroatoms. The van der Waals surface area contributed by atoms with Gasteiger partial charge in [-0.15, -0.1) is 10.2 Å². The average Bonchev–Trinajstić information content (AvgIpc) is 2.85. The van der Waals surface area contributed by atoms with Gasteiger partial charge >= 0.3 is 6.18 Å². The number of alkyl halides is 3. The SMILES string of the molecule is Nc1ccc(C(O)CNc2nnc(C(F)(F)F)s2)cc1. The van der Waals surface area contributed by atoms with Gasteiger partial charge in [-0.3, -0.25) is 0 Å². The Kier molecular flexibility index (Phi) is 4.09. The van der Waals surface area contributed by atoms with Gasteiger partial charge in [0.25, 0.3) is 0 Å². The molecule has 2 aromatic rings. The van der Waals surface area contributed by atoms with Gasteiger partial charge in [-0.1, -0.05) is 23.5 Å². The molecule has 0 bridgehead atoms. The Balaban J connectivity index is 1.95. The third-order valence-electron chi connectivity index (χ3n) is 2.44. The molecule has 0 aliphatic heterocycles. The third-order valence-corrected chi connectivity index (χ3v) is 3.36. The van der Waals surface area contributed by atoms with E-state index in [-0.39, 0.29) is 11.7 Å². The maximum Gasteiger partial charge on any atom is 0.445 e. The van der Waals surface area contributed by atoms with Crippen molar-refractivity contribution < 1.29 is 18.3 Å². The number of aliphatic hydroxyl groups is 1. The predicted octanol–water partition coefficient (Wildman–Crippen LogP) is 2.28. The standard InChI is InChI=1S/C11H11F3N4OS/c12-11(13,14)9-17-18-10(20-9)16-5-8(19)6-1-3-7(15)4-2-6/h1-4,8,19H,5,15H2,(H,16,18). The molecule has 0 aliphatic rings. The number of aromatic nitrogens is 2. The number of nitrogens with one attached hydrogen (secondary N) is 1. The minimum atomic E-state index is -4.51. The Morgan fingerprint density at radius 2 is 1.90 bits per heavy atom. The molecule has 0 aliphatic carbocycles. The van der Waals surface area contributed by atoms with E-state index in [0.717, 1.165) is 0 Å². The van der Waals surface area contributed by atoms with Crippen LogP contribution in [-0.4, -0.2) is 21.8 Å². The van der Waals surface area contributed by atoms with Gasteiger partial charge in [0, 0.05) is 12.2 Å². The van der Waals surface area contributed by atoms with Crippen molar-refractivity contribution in [1.29, 1.82) is 0 Å². The van der Waals surface area contributed by atoms with Crippen LogP contribution in [0.5, 0.6) is 0 Å². The van der Waals surface area contributed by atoms with Crippen molar-refractivity contribution in [2.45, 2.75) is 12.3 Å². The predicted molar refractivity (Wildman–Crippen MR) is 69.2 cm³/mol. The highest BCUT2D eigenvalue weighted by Crippen LogP contribution is 2.33. The summed E-state index contributed by atoms with van der Waals surface area (Å²) in [7, 11) is 0. The summed E-state index contributed by atoms with van der Waals surface area (Å²) in [6.45, 7) is 0.0242. The zero-order valence-electron chi connectivity index (χ0n) is 10.1. The van der Waals surface area contributed by atoms with Gasteiger partial charge in [0.2, 0.25) is 10.1 Å². The van der Waals surface area contributed by atoms with Gasteiger partial charge in [-0.25, -0.2) is 0 Å². The number of nitrogens with zero attached hydrogens (tertiary/aromatic N) is 2. The Morgan fingerprint density at radius 3 is 2.45 bits per heavy atom. The normalized spacial score (nSPS) is 13.2. The summed E-state index contributed by atoms with van der Waals surface area (Å²) in [6.07, 6.45) is -5.39. The van der Waals surface area contributed by atoms with E-state index in [1.165, 1.54) is 0 Å². The first-order chi connectivity index (χ1) is 9.36. The molecule has 20 heavy (non-hydrogen) atoms. The van der Waals surface area contributed by atoms with Crippen LogP contribution in [-0.2, 0) is 6.18 Å². The molecule has 0 fully saturated rings. The van der Waals surface area contributed by atoms with Gasteiger partial charge in [0.05, 0.1) is 6.10 Å². The lowest BCUT2D eigenvalue weighted by Crippen LogP contribution is -2.12. The van der Waals surface area contributed by atoms with Crippen LogP contribution >= 0.6 is 11.3 Å². The number of hydrogen-bond donors (Lipinski definition) is 3. The van der Waals surface area contributed by atoms with Crippen molar-refractivity contribution in [3.05, 3.63) is 34.8 Å². The Hall–Kier alpha value is -1.87. The van der Waals surface area contributed by atoms with Gasteiger partial charge in [0.15, 0.2) is 0 Å². The topological polar surface area (TPSA) is 84.1 Å². The maximum atomic E-state index is 12.3. The first kappa shape index (κ1) is 14.5. The Morgan fingerprint density at radius 1 is 1.25 bits per heavy atom. The molecule has 0 saturated heterocycles. The van der Waals surface area contributed by atoms with Crippen molar-refractivity contribution >= 4 is 22.2 Å². The van der Waals surface area contributed by atoms with Crippen LogP contribution in [0.4, 0.5) is 24.0 Å². The van der Waals surface area contributed by atoms with Gasteiger partial charge in [-0.05, 0) is 17.7 Å². The fraction of sp³-hybridized carbons (Fsp3) is 0.273. The minimum Gasteiger partial charge on any atom is -0.399 e. The number of nitrogens with two attached hydrogens (primary N) is 1. The van der Waals surface area contributed by atoms with E-state index in [1.807, 2.05) is 0 Å². The first-order valence-corrected chi connectivity index (χ1v) is 6.36. The quantitative estimate of drug-likeness (QED) is 0.755. The molecule has 1 atom stereocenters. The number of halogens is 3. The zero-order valence-corrected chi connectivity index (χ0v) is 10.9. The molecule has 5 nitrogen and oxygen atoms in total. The lowest BCUT2D eigenvalue weighted by Gasteiger charge is -2.11. The zero-order chi connectivity index (χ0) is 14.8. The van der Waals surface area contributed by atoms with Gasteiger partial charge < -0.3 is 16.2 Å². The Labute approximate surface area is 116 Å². The summed E-state index contributed by atoms with van der Waals surface area (Å²) in [4.78, 5) is 0. The van der Waals surface area contributed by atoms with E-state index in [4.69, 9.17) is 5.73 Å². The van der Waals surface area contributed by atoms with E-state index >= 15 is 0 Å². The maximum absolute atomic E-state index is 12.3. The van der Waals surface area contributed by atoms with E-state index in [0.29, 0.717) is 22.6 Å². The van der Waals surface area contributed by atoms with Crippen molar-refractivity contribution in [1.82, 2.24) is 10.2 Å². The molecule has 4 N–H and O–H groups in total. The molecule has 2 rings (SSSR count). The van der Waals surface area contributed by atoms with Gasteiger partial charge in [0.1, 0.15) is 0 Å². The third kappa shape index (κ3) is 3.58. The van der Waals surface area contributed by atoms with Crippen LogP contribution in [0.3, 0.4) is 0 Å². The molecule has 1 aromatic heterocycles. The van der Waals surface area contributed by atoms with E-state index in [1.54, 1.807) is 24.3 Å². The molecule has 0 amide bonds. The Bertz CT molecular complexity index is 570. The second kappa shape index (κ2) is 5.63. The van der Waals surface area contributed by atoms with Crippen molar-refractivity contribution in [3.8, 4) is 0 Å². The number of anilines is 2. The molecular formula is C11H11F3N4OS. The summed E-state index contributed by atoms with van der Waals surface area (Å²) < 4.78 is 37.0. The summed E-state index contributed by atoms with van der Waals surface area (Å²) in [5.41, 5.74) is 6.68. The van der Waals surface area contributed by atoms with Crippen LogP contribution in [0.1, 0.15) is 16.7 Å². The largest absolute Gasteiger partial charge is 0.445 e. The van der Waals surface area contributed by atoms with Crippen LogP contribution in [0, 0.1) is 0 Å². The van der Waals surface area contributed by atoms with Crippen molar-refractivity contribution in [3.63, 3.8) is 0 Å². The minimum absolute atomic E-state index is 0.00631. The van der Waals surface area contributed by atoms with Crippen LogP contribution < -0.4 is 11.1 Å². The fourth-order valence-electron chi connectivity index (χ4n) is 1.43. The smallest absolute Gasteiger partial charge is 0.399 e. The first-order valence-electron chi connectivity index (χ1n) is 5.54. The second-order valence-corrected chi connectivity index (χ2v) is 4.95. The molecule has 1 heterocycles. The number of benzene rings is 1. The number of aliphatic hydroxyl groups excluding tert-OH is 1. The van der Waals surface area contributed by atoms with Crippen molar-refractivity contribution in [2.75, 3.05) is 17.6 Å². The van der Waals surface area contributed by atoms with E-state index < -0.39 is 17.3 Å². The molecular weight excluding hydrogens is 293 g/mol. The molecule has 0 saturated carbocycles. The van der Waals surface area contributed by atoms with E-state index in [2.05, 4.69) is 15.5 Å². The second-order valence-electron chi connectivity index (χ2n) is 3.97. The van der Waals surface area contributed by atoms with Crippen molar-refractivity contribution in [2.24, 2.45) is 0 Å². The number of nitrogen functional groups attached to an aromatic ring is 1. The number of hydrogen-bond acceptors (Lipinski definition) is 6. The molecule has 1 unspecified atom stereocenters. The van der Waals surface area contributed by atoms with Crippen LogP contribution in [0.15, 0.2) is 24.3 Å². The lowest BCUT2D eigenvalue weighted by atomic mass is 10.1. The lowest BCUT2D eigenvalue weighted by molar-refractivity contribution is -0.138. The van der Waals surface area contributed by atoms with Gasteiger partial charge in [-0.2, -0.15) is 13.2 Å². The van der Waals surface area contributed by atoms with Crippen LogP contribution in [0.25, 0.3) is 0 Å². The molecule has 1 aromatic carbocycles. The molecule has 108 valence electrons. The van der Waals surface area contributed by atoms with Crippen LogP contribution in [0.2, 0.25) is 0 Å². The fourth-order valence-corrected chi connectivity index (χ4v) is 2.05. The number of rotatable bonds is 4. The summed E-state index contributed by atoms with van der Waals surface area (Å²) in [5, 5.41) is 17.9. The molecule has 0 radical (unpaired) electrons.